The zero-order valence-corrected chi connectivity index (χ0v) is 13.3. The van der Waals surface area contributed by atoms with Crippen molar-refractivity contribution in [2.24, 2.45) is 0 Å². The summed E-state index contributed by atoms with van der Waals surface area (Å²) in [7, 11) is 4.61. The molecule has 0 aliphatic rings. The van der Waals surface area contributed by atoms with Crippen molar-refractivity contribution in [3.05, 3.63) is 53.1 Å². The van der Waals surface area contributed by atoms with Gasteiger partial charge in [0, 0.05) is 18.7 Å². The van der Waals surface area contributed by atoms with Gasteiger partial charge in [-0.15, -0.1) is 0 Å². The molecule has 2 aromatic rings. The number of hydrogen-bond donors (Lipinski definition) is 1. The Hall–Kier alpha value is -2.34. The summed E-state index contributed by atoms with van der Waals surface area (Å²) in [4.78, 5) is 0. The first-order chi connectivity index (χ1) is 11.1. The van der Waals surface area contributed by atoms with E-state index in [1.807, 2.05) is 0 Å². The van der Waals surface area contributed by atoms with Crippen LogP contribution < -0.4 is 19.5 Å². The molecule has 0 aromatic heterocycles. The normalized spacial score (nSPS) is 10.5. The minimum atomic E-state index is -0.462. The van der Waals surface area contributed by atoms with E-state index in [2.05, 4.69) is 5.32 Å². The fourth-order valence-electron chi connectivity index (χ4n) is 2.26. The molecule has 0 bridgehead atoms. The fraction of sp³-hybridized carbons (Fsp3) is 0.294. The van der Waals surface area contributed by atoms with Crippen molar-refractivity contribution in [2.45, 2.75) is 13.1 Å². The number of rotatable bonds is 7. The summed E-state index contributed by atoms with van der Waals surface area (Å²) >= 11 is 0. The van der Waals surface area contributed by atoms with E-state index in [0.717, 1.165) is 17.7 Å². The molecular formula is C17H19F2NO3. The number of nitrogens with one attached hydrogen (secondary N) is 1. The topological polar surface area (TPSA) is 39.7 Å². The Bertz CT molecular complexity index is 652. The van der Waals surface area contributed by atoms with E-state index in [1.54, 1.807) is 12.1 Å². The number of halogens is 2. The van der Waals surface area contributed by atoms with E-state index >= 15 is 0 Å². The van der Waals surface area contributed by atoms with Crippen LogP contribution in [-0.2, 0) is 13.1 Å². The SMILES string of the molecule is COc1cc(CNCc2cc(F)ccc2F)cc(OC)c1OC. The lowest BCUT2D eigenvalue weighted by Gasteiger charge is -2.14. The molecule has 0 heterocycles. The summed E-state index contributed by atoms with van der Waals surface area (Å²) in [6.07, 6.45) is 0. The summed E-state index contributed by atoms with van der Waals surface area (Å²) in [6.45, 7) is 0.646. The zero-order chi connectivity index (χ0) is 16.8. The number of ether oxygens (including phenoxy) is 3. The molecule has 0 radical (unpaired) electrons. The van der Waals surface area contributed by atoms with Crippen LogP contribution in [0.4, 0.5) is 8.78 Å². The van der Waals surface area contributed by atoms with Gasteiger partial charge < -0.3 is 19.5 Å². The number of benzene rings is 2. The van der Waals surface area contributed by atoms with E-state index in [1.165, 1.54) is 27.4 Å². The molecule has 0 aliphatic heterocycles. The molecule has 0 unspecified atom stereocenters. The Morgan fingerprint density at radius 2 is 1.52 bits per heavy atom. The predicted octanol–water partition coefficient (Wildman–Crippen LogP) is 3.28. The van der Waals surface area contributed by atoms with Crippen LogP contribution in [-0.4, -0.2) is 21.3 Å². The second-order valence-corrected chi connectivity index (χ2v) is 4.87. The van der Waals surface area contributed by atoms with Crippen LogP contribution in [0.25, 0.3) is 0 Å². The second-order valence-electron chi connectivity index (χ2n) is 4.87. The van der Waals surface area contributed by atoms with Crippen LogP contribution in [0.2, 0.25) is 0 Å². The van der Waals surface area contributed by atoms with Crippen molar-refractivity contribution in [3.8, 4) is 17.2 Å². The summed E-state index contributed by atoms with van der Waals surface area (Å²) < 4.78 is 42.5. The third-order valence-corrected chi connectivity index (χ3v) is 3.38. The Morgan fingerprint density at radius 1 is 0.870 bits per heavy atom. The molecule has 2 aromatic carbocycles. The third kappa shape index (κ3) is 4.10. The summed E-state index contributed by atoms with van der Waals surface area (Å²) in [5.41, 5.74) is 1.15. The van der Waals surface area contributed by atoms with Gasteiger partial charge in [0.05, 0.1) is 21.3 Å². The predicted molar refractivity (Wildman–Crippen MR) is 83.0 cm³/mol. The maximum absolute atomic E-state index is 13.6. The lowest BCUT2D eigenvalue weighted by Crippen LogP contribution is -2.14. The van der Waals surface area contributed by atoms with Crippen molar-refractivity contribution in [2.75, 3.05) is 21.3 Å². The van der Waals surface area contributed by atoms with Crippen LogP contribution >= 0.6 is 0 Å². The molecule has 6 heteroatoms. The fourth-order valence-corrected chi connectivity index (χ4v) is 2.26. The van der Waals surface area contributed by atoms with Gasteiger partial charge in [0.1, 0.15) is 11.6 Å². The number of methoxy groups -OCH3 is 3. The molecule has 124 valence electrons. The minimum absolute atomic E-state index is 0.209. The standard InChI is InChI=1S/C17H19F2NO3/c1-21-15-6-11(7-16(22-2)17(15)23-3)9-20-10-12-8-13(18)4-5-14(12)19/h4-8,20H,9-10H2,1-3H3. The lowest BCUT2D eigenvalue weighted by atomic mass is 10.1. The molecule has 1 N–H and O–H groups in total. The first kappa shape index (κ1) is 17.0. The van der Waals surface area contributed by atoms with Crippen molar-refractivity contribution in [1.82, 2.24) is 5.32 Å². The quantitative estimate of drug-likeness (QED) is 0.849. The van der Waals surface area contributed by atoms with Gasteiger partial charge in [-0.3, -0.25) is 0 Å². The molecule has 4 nitrogen and oxygen atoms in total. The minimum Gasteiger partial charge on any atom is -0.493 e. The van der Waals surface area contributed by atoms with E-state index in [0.29, 0.717) is 23.8 Å². The Balaban J connectivity index is 2.10. The van der Waals surface area contributed by atoms with Crippen LogP contribution in [0, 0.1) is 11.6 Å². The molecule has 0 saturated carbocycles. The highest BCUT2D eigenvalue weighted by molar-refractivity contribution is 5.53. The maximum Gasteiger partial charge on any atom is 0.203 e. The molecule has 23 heavy (non-hydrogen) atoms. The Morgan fingerprint density at radius 3 is 2.09 bits per heavy atom. The van der Waals surface area contributed by atoms with E-state index in [4.69, 9.17) is 14.2 Å². The highest BCUT2D eigenvalue weighted by Gasteiger charge is 2.13. The first-order valence-corrected chi connectivity index (χ1v) is 7.02. The van der Waals surface area contributed by atoms with Crippen LogP contribution in [0.3, 0.4) is 0 Å². The average molecular weight is 323 g/mol. The van der Waals surface area contributed by atoms with Gasteiger partial charge >= 0.3 is 0 Å². The van der Waals surface area contributed by atoms with Gasteiger partial charge in [0.25, 0.3) is 0 Å². The van der Waals surface area contributed by atoms with Crippen LogP contribution in [0.1, 0.15) is 11.1 Å². The molecule has 2 rings (SSSR count). The largest absolute Gasteiger partial charge is 0.493 e. The number of hydrogen-bond acceptors (Lipinski definition) is 4. The van der Waals surface area contributed by atoms with E-state index < -0.39 is 11.6 Å². The van der Waals surface area contributed by atoms with E-state index in [-0.39, 0.29) is 12.1 Å². The highest BCUT2D eigenvalue weighted by atomic mass is 19.1. The van der Waals surface area contributed by atoms with Gasteiger partial charge in [-0.05, 0) is 35.9 Å². The molecule has 0 aliphatic carbocycles. The Labute approximate surface area is 134 Å². The summed E-state index contributed by atoms with van der Waals surface area (Å²) in [6, 6.07) is 6.99. The summed E-state index contributed by atoms with van der Waals surface area (Å²) in [5, 5.41) is 3.07. The van der Waals surface area contributed by atoms with Crippen LogP contribution in [0.15, 0.2) is 30.3 Å². The molecule has 0 fully saturated rings. The van der Waals surface area contributed by atoms with E-state index in [9.17, 15) is 8.78 Å². The summed E-state index contributed by atoms with van der Waals surface area (Å²) in [5.74, 6) is 0.691. The van der Waals surface area contributed by atoms with Gasteiger partial charge in [-0.2, -0.15) is 0 Å². The molecular weight excluding hydrogens is 304 g/mol. The average Bonchev–Trinajstić information content (AvgIpc) is 2.56. The van der Waals surface area contributed by atoms with Gasteiger partial charge in [0.15, 0.2) is 11.5 Å². The first-order valence-electron chi connectivity index (χ1n) is 7.02. The van der Waals surface area contributed by atoms with Gasteiger partial charge in [-0.25, -0.2) is 8.78 Å². The smallest absolute Gasteiger partial charge is 0.203 e. The second kappa shape index (κ2) is 7.78. The molecule has 0 saturated heterocycles. The van der Waals surface area contributed by atoms with Gasteiger partial charge in [0.2, 0.25) is 5.75 Å². The van der Waals surface area contributed by atoms with Crippen molar-refractivity contribution >= 4 is 0 Å². The van der Waals surface area contributed by atoms with Crippen LogP contribution in [0.5, 0.6) is 17.2 Å². The molecule has 0 spiro atoms. The third-order valence-electron chi connectivity index (χ3n) is 3.38. The lowest BCUT2D eigenvalue weighted by molar-refractivity contribution is 0.323. The Kier molecular flexibility index (Phi) is 5.76. The monoisotopic (exact) mass is 323 g/mol. The van der Waals surface area contributed by atoms with Crippen molar-refractivity contribution in [3.63, 3.8) is 0 Å². The van der Waals surface area contributed by atoms with Gasteiger partial charge in [-0.1, -0.05) is 0 Å². The van der Waals surface area contributed by atoms with Crippen molar-refractivity contribution < 1.29 is 23.0 Å². The highest BCUT2D eigenvalue weighted by Crippen LogP contribution is 2.38. The zero-order valence-electron chi connectivity index (χ0n) is 13.3. The molecule has 0 amide bonds. The maximum atomic E-state index is 13.6. The van der Waals surface area contributed by atoms with Crippen molar-refractivity contribution in [1.29, 1.82) is 0 Å². The molecule has 0 atom stereocenters.